The van der Waals surface area contributed by atoms with Gasteiger partial charge in [-0.25, -0.2) is 0 Å². The maximum absolute atomic E-state index is 12.2. The molecule has 3 rings (SSSR count). The first-order valence-corrected chi connectivity index (χ1v) is 8.92. The highest BCUT2D eigenvalue weighted by molar-refractivity contribution is 5.98. The van der Waals surface area contributed by atoms with Crippen molar-refractivity contribution in [1.29, 1.82) is 0 Å². The molecule has 7 nitrogen and oxygen atoms in total. The van der Waals surface area contributed by atoms with Crippen molar-refractivity contribution in [1.82, 2.24) is 15.6 Å². The Morgan fingerprint density at radius 2 is 1.85 bits per heavy atom. The number of rotatable bonds is 6. The first kappa shape index (κ1) is 18.6. The third-order valence-electron chi connectivity index (χ3n) is 4.51. The molecule has 1 aliphatic rings. The van der Waals surface area contributed by atoms with Gasteiger partial charge in [-0.1, -0.05) is 0 Å². The molecule has 1 aromatic carbocycles. The number of carbonyl (C=O) groups excluding carboxylic acids is 3. The fourth-order valence-corrected chi connectivity index (χ4v) is 3.00. The highest BCUT2D eigenvalue weighted by Crippen LogP contribution is 2.21. The van der Waals surface area contributed by atoms with Crippen LogP contribution in [0.1, 0.15) is 41.7 Å². The molecule has 1 aromatic heterocycles. The minimum absolute atomic E-state index is 0.104. The number of aromatic nitrogens is 1. The largest absolute Gasteiger partial charge is 0.348 e. The Bertz CT molecular complexity index is 821. The zero-order valence-corrected chi connectivity index (χ0v) is 15.1. The summed E-state index contributed by atoms with van der Waals surface area (Å²) < 4.78 is 0. The number of anilines is 1. The SMILES string of the molecule is CC(NC(=O)CNC(=O)c1ccc(N2CCCC2=O)cc1)c1ccncc1. The number of pyridine rings is 1. The van der Waals surface area contributed by atoms with Gasteiger partial charge in [0, 0.05) is 36.6 Å². The van der Waals surface area contributed by atoms with E-state index in [9.17, 15) is 14.4 Å². The number of hydrogen-bond acceptors (Lipinski definition) is 4. The molecule has 1 unspecified atom stereocenters. The molecule has 140 valence electrons. The second-order valence-corrected chi connectivity index (χ2v) is 6.45. The van der Waals surface area contributed by atoms with Gasteiger partial charge in [0.25, 0.3) is 5.91 Å². The molecule has 3 amide bonds. The monoisotopic (exact) mass is 366 g/mol. The molecule has 1 saturated heterocycles. The maximum atomic E-state index is 12.2. The Balaban J connectivity index is 1.50. The Kier molecular flexibility index (Phi) is 5.80. The molecule has 0 radical (unpaired) electrons. The molecule has 7 heteroatoms. The lowest BCUT2D eigenvalue weighted by Crippen LogP contribution is -2.38. The summed E-state index contributed by atoms with van der Waals surface area (Å²) in [5.74, 6) is -0.500. The van der Waals surface area contributed by atoms with E-state index in [1.165, 1.54) is 0 Å². The normalized spacial score (nSPS) is 14.7. The van der Waals surface area contributed by atoms with Gasteiger partial charge < -0.3 is 15.5 Å². The average molecular weight is 366 g/mol. The van der Waals surface area contributed by atoms with Crippen LogP contribution in [0.4, 0.5) is 5.69 Å². The van der Waals surface area contributed by atoms with Crippen molar-refractivity contribution < 1.29 is 14.4 Å². The predicted molar refractivity (Wildman–Crippen MR) is 101 cm³/mol. The number of benzene rings is 1. The lowest BCUT2D eigenvalue weighted by molar-refractivity contribution is -0.120. The summed E-state index contributed by atoms with van der Waals surface area (Å²) in [7, 11) is 0. The Morgan fingerprint density at radius 3 is 2.48 bits per heavy atom. The van der Waals surface area contributed by atoms with Crippen molar-refractivity contribution in [2.24, 2.45) is 0 Å². The summed E-state index contributed by atoms with van der Waals surface area (Å²) in [5, 5.41) is 5.44. The van der Waals surface area contributed by atoms with Crippen molar-refractivity contribution in [3.8, 4) is 0 Å². The molecule has 0 bridgehead atoms. The summed E-state index contributed by atoms with van der Waals surface area (Å²) in [6.07, 6.45) is 4.75. The van der Waals surface area contributed by atoms with Crippen LogP contribution in [0.2, 0.25) is 0 Å². The highest BCUT2D eigenvalue weighted by Gasteiger charge is 2.21. The minimum Gasteiger partial charge on any atom is -0.348 e. The van der Waals surface area contributed by atoms with E-state index in [2.05, 4.69) is 15.6 Å². The van der Waals surface area contributed by atoms with Crippen molar-refractivity contribution in [2.45, 2.75) is 25.8 Å². The Hall–Kier alpha value is -3.22. The van der Waals surface area contributed by atoms with E-state index >= 15 is 0 Å². The van der Waals surface area contributed by atoms with Gasteiger partial charge in [-0.2, -0.15) is 0 Å². The molecule has 0 spiro atoms. The number of nitrogens with one attached hydrogen (secondary N) is 2. The quantitative estimate of drug-likeness (QED) is 0.816. The minimum atomic E-state index is -0.332. The maximum Gasteiger partial charge on any atom is 0.251 e. The van der Waals surface area contributed by atoms with E-state index in [1.807, 2.05) is 19.1 Å². The number of carbonyl (C=O) groups is 3. The van der Waals surface area contributed by atoms with Gasteiger partial charge in [0.15, 0.2) is 0 Å². The van der Waals surface area contributed by atoms with E-state index in [1.54, 1.807) is 41.6 Å². The highest BCUT2D eigenvalue weighted by atomic mass is 16.2. The molecule has 2 N–H and O–H groups in total. The average Bonchev–Trinajstić information content (AvgIpc) is 3.13. The van der Waals surface area contributed by atoms with Gasteiger partial charge in [0.05, 0.1) is 12.6 Å². The second kappa shape index (κ2) is 8.44. The van der Waals surface area contributed by atoms with Crippen molar-refractivity contribution in [3.05, 3.63) is 59.9 Å². The van der Waals surface area contributed by atoms with Gasteiger partial charge in [-0.05, 0) is 55.3 Å². The van der Waals surface area contributed by atoms with Gasteiger partial charge >= 0.3 is 0 Å². The first-order valence-electron chi connectivity index (χ1n) is 8.92. The fourth-order valence-electron chi connectivity index (χ4n) is 3.00. The lowest BCUT2D eigenvalue weighted by Gasteiger charge is -2.16. The van der Waals surface area contributed by atoms with Crippen LogP contribution in [-0.2, 0) is 9.59 Å². The zero-order chi connectivity index (χ0) is 19.2. The zero-order valence-electron chi connectivity index (χ0n) is 15.1. The summed E-state index contributed by atoms with van der Waals surface area (Å²) >= 11 is 0. The third-order valence-corrected chi connectivity index (χ3v) is 4.51. The van der Waals surface area contributed by atoms with E-state index in [4.69, 9.17) is 0 Å². The number of amides is 3. The third kappa shape index (κ3) is 4.69. The second-order valence-electron chi connectivity index (χ2n) is 6.45. The molecule has 0 saturated carbocycles. The molecular formula is C20H22N4O3. The van der Waals surface area contributed by atoms with Crippen LogP contribution in [0, 0.1) is 0 Å². The molecule has 1 aliphatic heterocycles. The molecule has 1 atom stereocenters. The lowest BCUT2D eigenvalue weighted by atomic mass is 10.1. The van der Waals surface area contributed by atoms with Crippen LogP contribution in [0.25, 0.3) is 0 Å². The number of nitrogens with zero attached hydrogens (tertiary/aromatic N) is 2. The molecular weight excluding hydrogens is 344 g/mol. The smallest absolute Gasteiger partial charge is 0.251 e. The molecule has 1 fully saturated rings. The molecule has 2 aromatic rings. The molecule has 27 heavy (non-hydrogen) atoms. The van der Waals surface area contributed by atoms with Crippen molar-refractivity contribution >= 4 is 23.4 Å². The van der Waals surface area contributed by atoms with Crippen molar-refractivity contribution in [2.75, 3.05) is 18.0 Å². The standard InChI is InChI=1S/C20H22N4O3/c1-14(15-8-10-21-11-9-15)23-18(25)13-22-20(27)16-4-6-17(7-5-16)24-12-2-3-19(24)26/h4-11,14H,2-3,12-13H2,1H3,(H,22,27)(H,23,25). The summed E-state index contributed by atoms with van der Waals surface area (Å²) in [6, 6.07) is 10.3. The summed E-state index contributed by atoms with van der Waals surface area (Å²) in [5.41, 5.74) is 2.18. The number of hydrogen-bond donors (Lipinski definition) is 2. The van der Waals surface area contributed by atoms with Gasteiger partial charge in [0.1, 0.15) is 0 Å². The summed E-state index contributed by atoms with van der Waals surface area (Å²) in [4.78, 5) is 41.7. The van der Waals surface area contributed by atoms with E-state index in [0.29, 0.717) is 18.5 Å². The Labute approximate surface area is 157 Å². The van der Waals surface area contributed by atoms with Crippen molar-refractivity contribution in [3.63, 3.8) is 0 Å². The van der Waals surface area contributed by atoms with Crippen LogP contribution >= 0.6 is 0 Å². The van der Waals surface area contributed by atoms with Crippen LogP contribution in [0.3, 0.4) is 0 Å². The molecule has 2 heterocycles. The van der Waals surface area contributed by atoms with E-state index in [0.717, 1.165) is 17.7 Å². The van der Waals surface area contributed by atoms with E-state index < -0.39 is 0 Å². The predicted octanol–water partition coefficient (Wildman–Crippen LogP) is 1.82. The van der Waals surface area contributed by atoms with Gasteiger partial charge in [-0.3, -0.25) is 19.4 Å². The topological polar surface area (TPSA) is 91.4 Å². The fraction of sp³-hybridized carbons (Fsp3) is 0.300. The van der Waals surface area contributed by atoms with Crippen LogP contribution < -0.4 is 15.5 Å². The summed E-state index contributed by atoms with van der Waals surface area (Å²) in [6.45, 7) is 2.47. The van der Waals surface area contributed by atoms with Gasteiger partial charge in [0.2, 0.25) is 11.8 Å². The van der Waals surface area contributed by atoms with Gasteiger partial charge in [-0.15, -0.1) is 0 Å². The van der Waals surface area contributed by atoms with Crippen LogP contribution in [-0.4, -0.2) is 35.8 Å². The first-order chi connectivity index (χ1) is 13.0. The van der Waals surface area contributed by atoms with E-state index in [-0.39, 0.29) is 30.3 Å². The Morgan fingerprint density at radius 1 is 1.15 bits per heavy atom. The van der Waals surface area contributed by atoms with Crippen LogP contribution in [0.5, 0.6) is 0 Å². The van der Waals surface area contributed by atoms with Crippen LogP contribution in [0.15, 0.2) is 48.8 Å². The molecule has 0 aliphatic carbocycles.